The first-order chi connectivity index (χ1) is 12.2. The molecule has 1 saturated carbocycles. The van der Waals surface area contributed by atoms with Crippen molar-refractivity contribution in [1.29, 1.82) is 0 Å². The first-order valence-corrected chi connectivity index (χ1v) is 9.27. The molecule has 4 rings (SSSR count). The summed E-state index contributed by atoms with van der Waals surface area (Å²) in [5, 5.41) is 7.99. The fraction of sp³-hybridized carbons (Fsp3) is 0.579. The molecule has 2 fully saturated rings. The fourth-order valence-electron chi connectivity index (χ4n) is 3.86. The summed E-state index contributed by atoms with van der Waals surface area (Å²) < 4.78 is 0. The minimum atomic E-state index is -0.277. The van der Waals surface area contributed by atoms with Gasteiger partial charge >= 0.3 is 0 Å². The van der Waals surface area contributed by atoms with Gasteiger partial charge in [-0.05, 0) is 24.8 Å². The highest BCUT2D eigenvalue weighted by Gasteiger charge is 2.31. The first-order valence-electron chi connectivity index (χ1n) is 9.27. The normalized spacial score (nSPS) is 27.3. The van der Waals surface area contributed by atoms with Gasteiger partial charge in [-0.1, -0.05) is 30.7 Å². The molecule has 6 heteroatoms. The monoisotopic (exact) mass is 340 g/mol. The zero-order chi connectivity index (χ0) is 17.2. The largest absolute Gasteiger partial charge is 0.341 e. The zero-order valence-electron chi connectivity index (χ0n) is 14.4. The number of fused-ring (bicyclic) bond motifs is 1. The third-order valence-electron chi connectivity index (χ3n) is 5.62. The highest BCUT2D eigenvalue weighted by Crippen LogP contribution is 2.30. The summed E-state index contributed by atoms with van der Waals surface area (Å²) in [6, 6.07) is 0. The highest BCUT2D eigenvalue weighted by atomic mass is 16.2. The Kier molecular flexibility index (Phi) is 4.61. The molecule has 2 heterocycles. The Morgan fingerprint density at radius 3 is 2.76 bits per heavy atom. The van der Waals surface area contributed by atoms with Crippen molar-refractivity contribution in [2.75, 3.05) is 32.7 Å². The van der Waals surface area contributed by atoms with Crippen LogP contribution in [0.2, 0.25) is 0 Å². The molecule has 1 atom stereocenters. The van der Waals surface area contributed by atoms with Crippen molar-refractivity contribution >= 4 is 11.8 Å². The molecule has 2 aliphatic carbocycles. The number of allylic oxidation sites excluding steroid dienone is 3. The minimum Gasteiger partial charge on any atom is -0.341 e. The molecule has 0 bridgehead atoms. The second-order valence-corrected chi connectivity index (χ2v) is 7.24. The van der Waals surface area contributed by atoms with Gasteiger partial charge in [0, 0.05) is 38.6 Å². The lowest BCUT2D eigenvalue weighted by Gasteiger charge is -2.31. The Morgan fingerprint density at radius 1 is 1.08 bits per heavy atom. The molecule has 0 aromatic heterocycles. The third kappa shape index (κ3) is 3.35. The molecule has 25 heavy (non-hydrogen) atoms. The van der Waals surface area contributed by atoms with E-state index in [0.29, 0.717) is 12.5 Å². The number of carbonyl (C=O) groups is 2. The van der Waals surface area contributed by atoms with E-state index in [9.17, 15) is 9.59 Å². The standard InChI is InChI=1S/C19H24N4O2/c24-18-16-8-2-1-7-15(16)17(20-21-18)13-22-9-4-10-23(12-11-22)19(25)14-5-3-6-14/h1-2,7-8,14,16H,3-6,9-13H2. The second-order valence-electron chi connectivity index (χ2n) is 7.24. The first kappa shape index (κ1) is 16.4. The molecule has 0 aromatic carbocycles. The molecule has 0 N–H and O–H groups in total. The zero-order valence-corrected chi connectivity index (χ0v) is 14.4. The van der Waals surface area contributed by atoms with E-state index in [-0.39, 0.29) is 17.7 Å². The summed E-state index contributed by atoms with van der Waals surface area (Å²) in [5.41, 5.74) is 1.85. The van der Waals surface area contributed by atoms with Crippen LogP contribution in [0.25, 0.3) is 0 Å². The lowest BCUT2D eigenvalue weighted by atomic mass is 9.84. The average Bonchev–Trinajstić information content (AvgIpc) is 2.82. The minimum absolute atomic E-state index is 0.188. The van der Waals surface area contributed by atoms with E-state index >= 15 is 0 Å². The van der Waals surface area contributed by atoms with Crippen molar-refractivity contribution in [1.82, 2.24) is 9.80 Å². The summed E-state index contributed by atoms with van der Waals surface area (Å²) in [7, 11) is 0. The number of hydrogen-bond donors (Lipinski definition) is 0. The van der Waals surface area contributed by atoms with Gasteiger partial charge in [-0.2, -0.15) is 5.11 Å². The number of nitrogens with zero attached hydrogens (tertiary/aromatic N) is 4. The predicted octanol–water partition coefficient (Wildman–Crippen LogP) is 2.31. The summed E-state index contributed by atoms with van der Waals surface area (Å²) in [4.78, 5) is 28.7. The summed E-state index contributed by atoms with van der Waals surface area (Å²) >= 11 is 0. The maximum absolute atomic E-state index is 12.5. The summed E-state index contributed by atoms with van der Waals surface area (Å²) in [5.74, 6) is 0.154. The predicted molar refractivity (Wildman–Crippen MR) is 93.6 cm³/mol. The Balaban J connectivity index is 1.40. The summed E-state index contributed by atoms with van der Waals surface area (Å²) in [6.07, 6.45) is 12.0. The second kappa shape index (κ2) is 7.04. The van der Waals surface area contributed by atoms with Crippen LogP contribution in [0.4, 0.5) is 0 Å². The maximum Gasteiger partial charge on any atom is 0.275 e. The molecule has 0 spiro atoms. The van der Waals surface area contributed by atoms with Gasteiger partial charge in [-0.25, -0.2) is 0 Å². The van der Waals surface area contributed by atoms with Crippen molar-refractivity contribution in [3.05, 3.63) is 35.6 Å². The van der Waals surface area contributed by atoms with Gasteiger partial charge in [0.1, 0.15) is 0 Å². The van der Waals surface area contributed by atoms with Crippen LogP contribution in [0.1, 0.15) is 25.7 Å². The van der Waals surface area contributed by atoms with Gasteiger partial charge < -0.3 is 4.90 Å². The average molecular weight is 340 g/mol. The van der Waals surface area contributed by atoms with E-state index in [1.54, 1.807) is 0 Å². The molecule has 6 nitrogen and oxygen atoms in total. The Bertz CT molecular complexity index is 688. The third-order valence-corrected chi connectivity index (χ3v) is 5.62. The van der Waals surface area contributed by atoms with Crippen LogP contribution < -0.4 is 0 Å². The van der Waals surface area contributed by atoms with E-state index in [4.69, 9.17) is 0 Å². The highest BCUT2D eigenvalue weighted by molar-refractivity contribution is 5.86. The Labute approximate surface area is 148 Å². The van der Waals surface area contributed by atoms with Crippen molar-refractivity contribution in [2.24, 2.45) is 22.1 Å². The lowest BCUT2D eigenvalue weighted by Crippen LogP contribution is -2.41. The molecule has 0 aromatic rings. The van der Waals surface area contributed by atoms with Crippen LogP contribution in [-0.2, 0) is 9.59 Å². The number of rotatable bonds is 3. The molecular formula is C19H24N4O2. The van der Waals surface area contributed by atoms with E-state index in [1.807, 2.05) is 29.2 Å². The molecular weight excluding hydrogens is 316 g/mol. The number of amides is 2. The number of carbonyl (C=O) groups excluding carboxylic acids is 2. The molecule has 1 saturated heterocycles. The Hall–Kier alpha value is -2.08. The van der Waals surface area contributed by atoms with Gasteiger partial charge in [-0.3, -0.25) is 14.5 Å². The van der Waals surface area contributed by atoms with Crippen molar-refractivity contribution in [3.63, 3.8) is 0 Å². The van der Waals surface area contributed by atoms with Crippen LogP contribution in [0.15, 0.2) is 45.8 Å². The topological polar surface area (TPSA) is 65.3 Å². The van der Waals surface area contributed by atoms with Crippen LogP contribution in [0.3, 0.4) is 0 Å². The van der Waals surface area contributed by atoms with Gasteiger partial charge in [0.15, 0.2) is 0 Å². The Morgan fingerprint density at radius 2 is 1.96 bits per heavy atom. The smallest absolute Gasteiger partial charge is 0.275 e. The molecule has 4 aliphatic rings. The van der Waals surface area contributed by atoms with Gasteiger partial charge in [0.25, 0.3) is 5.91 Å². The van der Waals surface area contributed by atoms with E-state index in [1.165, 1.54) is 6.42 Å². The molecule has 2 aliphatic heterocycles. The van der Waals surface area contributed by atoms with E-state index in [2.05, 4.69) is 15.1 Å². The molecule has 1 unspecified atom stereocenters. The summed E-state index contributed by atoms with van der Waals surface area (Å²) in [6.45, 7) is 4.12. The van der Waals surface area contributed by atoms with Crippen molar-refractivity contribution in [2.45, 2.75) is 25.7 Å². The SMILES string of the molecule is O=C1N=NC(CN2CCCN(C(=O)C3CCC3)CC2)=C2C=CC=CC12. The fourth-order valence-corrected chi connectivity index (χ4v) is 3.86. The van der Waals surface area contributed by atoms with Crippen LogP contribution >= 0.6 is 0 Å². The van der Waals surface area contributed by atoms with Crippen molar-refractivity contribution in [3.8, 4) is 0 Å². The van der Waals surface area contributed by atoms with Crippen LogP contribution in [-0.4, -0.2) is 54.3 Å². The van der Waals surface area contributed by atoms with Gasteiger partial charge in [-0.15, -0.1) is 5.11 Å². The van der Waals surface area contributed by atoms with Crippen LogP contribution in [0, 0.1) is 11.8 Å². The molecule has 0 radical (unpaired) electrons. The van der Waals surface area contributed by atoms with Gasteiger partial charge in [0.2, 0.25) is 5.91 Å². The van der Waals surface area contributed by atoms with Crippen LogP contribution in [0.5, 0.6) is 0 Å². The quantitative estimate of drug-likeness (QED) is 0.792. The van der Waals surface area contributed by atoms with E-state index in [0.717, 1.165) is 56.7 Å². The number of azo groups is 1. The van der Waals surface area contributed by atoms with E-state index < -0.39 is 0 Å². The van der Waals surface area contributed by atoms with Gasteiger partial charge in [0.05, 0.1) is 11.6 Å². The van der Waals surface area contributed by atoms with Crippen molar-refractivity contribution < 1.29 is 9.59 Å². The maximum atomic E-state index is 12.5. The lowest BCUT2D eigenvalue weighted by molar-refractivity contribution is -0.138. The molecule has 132 valence electrons. The number of hydrogen-bond acceptors (Lipinski definition) is 4. The molecule has 2 amide bonds.